The fourth-order valence-electron chi connectivity index (χ4n) is 6.38. The molecule has 6 aromatic carbocycles. The third-order valence-electron chi connectivity index (χ3n) is 8.44. The number of ether oxygens (including phenoxy) is 4. The van der Waals surface area contributed by atoms with E-state index >= 15 is 0 Å². The second-order valence-electron chi connectivity index (χ2n) is 12.2. The SMILES string of the molecule is C=CCOCC(O)COc1c2ccccc2c(-c2c3ccccc3c(OCC(O)COCC=C)c3ccc(C)cc23)c2cc(C)ccc12. The van der Waals surface area contributed by atoms with Gasteiger partial charge in [-0.05, 0) is 46.5 Å². The van der Waals surface area contributed by atoms with E-state index in [9.17, 15) is 10.2 Å². The van der Waals surface area contributed by atoms with E-state index in [1.54, 1.807) is 12.2 Å². The molecule has 0 saturated heterocycles. The van der Waals surface area contributed by atoms with Crippen LogP contribution in [0.25, 0.3) is 54.2 Å². The van der Waals surface area contributed by atoms with E-state index in [-0.39, 0.29) is 26.4 Å². The highest BCUT2D eigenvalue weighted by Crippen LogP contribution is 2.50. The van der Waals surface area contributed by atoms with Gasteiger partial charge in [-0.3, -0.25) is 0 Å². The van der Waals surface area contributed by atoms with Gasteiger partial charge in [-0.1, -0.05) is 108 Å². The van der Waals surface area contributed by atoms with Gasteiger partial charge in [-0.25, -0.2) is 0 Å². The largest absolute Gasteiger partial charge is 0.489 e. The summed E-state index contributed by atoms with van der Waals surface area (Å²) in [6.45, 7) is 12.8. The molecule has 0 aliphatic carbocycles. The van der Waals surface area contributed by atoms with Crippen LogP contribution in [-0.2, 0) is 9.47 Å². The Morgan fingerprint density at radius 3 is 1.29 bits per heavy atom. The van der Waals surface area contributed by atoms with E-state index in [2.05, 4.69) is 99.8 Å². The first-order valence-corrected chi connectivity index (χ1v) is 16.3. The average Bonchev–Trinajstić information content (AvgIpc) is 3.09. The summed E-state index contributed by atoms with van der Waals surface area (Å²) in [5.74, 6) is 1.45. The van der Waals surface area contributed by atoms with Crippen LogP contribution in [0.1, 0.15) is 11.1 Å². The Kier molecular flexibility index (Phi) is 10.4. The van der Waals surface area contributed by atoms with Crippen molar-refractivity contribution in [3.05, 3.63) is 121 Å². The lowest BCUT2D eigenvalue weighted by Crippen LogP contribution is -2.23. The Labute approximate surface area is 281 Å². The molecule has 0 heterocycles. The molecule has 2 atom stereocenters. The summed E-state index contributed by atoms with van der Waals surface area (Å²) in [4.78, 5) is 0. The summed E-state index contributed by atoms with van der Waals surface area (Å²) in [6.07, 6.45) is 1.74. The molecule has 246 valence electrons. The maximum Gasteiger partial charge on any atom is 0.135 e. The van der Waals surface area contributed by atoms with Gasteiger partial charge < -0.3 is 29.2 Å². The molecule has 0 aliphatic heterocycles. The molecule has 0 radical (unpaired) electrons. The van der Waals surface area contributed by atoms with Crippen molar-refractivity contribution in [1.82, 2.24) is 0 Å². The fraction of sp³-hybridized carbons (Fsp3) is 0.238. The van der Waals surface area contributed by atoms with Crippen molar-refractivity contribution >= 4 is 43.1 Å². The minimum Gasteiger partial charge on any atom is -0.489 e. The highest BCUT2D eigenvalue weighted by Gasteiger charge is 2.23. The Morgan fingerprint density at radius 1 is 0.521 bits per heavy atom. The molecular weight excluding hydrogens is 600 g/mol. The minimum atomic E-state index is -0.792. The maximum atomic E-state index is 10.7. The predicted octanol–water partition coefficient (Wildman–Crippen LogP) is 8.47. The van der Waals surface area contributed by atoms with Crippen molar-refractivity contribution < 1.29 is 29.2 Å². The van der Waals surface area contributed by atoms with Gasteiger partial charge in [0.1, 0.15) is 36.9 Å². The number of benzene rings is 6. The topological polar surface area (TPSA) is 77.4 Å². The third-order valence-corrected chi connectivity index (χ3v) is 8.44. The second kappa shape index (κ2) is 15.0. The van der Waals surface area contributed by atoms with E-state index in [0.717, 1.165) is 76.8 Å². The monoisotopic (exact) mass is 642 g/mol. The van der Waals surface area contributed by atoms with E-state index in [1.807, 2.05) is 12.1 Å². The van der Waals surface area contributed by atoms with Crippen molar-refractivity contribution in [2.45, 2.75) is 26.1 Å². The first-order chi connectivity index (χ1) is 23.4. The van der Waals surface area contributed by atoms with Gasteiger partial charge in [-0.2, -0.15) is 0 Å². The molecule has 0 aromatic heterocycles. The van der Waals surface area contributed by atoms with Gasteiger partial charge in [0, 0.05) is 21.5 Å². The predicted molar refractivity (Wildman–Crippen MR) is 196 cm³/mol. The molecule has 2 N–H and O–H groups in total. The number of fused-ring (bicyclic) bond motifs is 4. The highest BCUT2D eigenvalue weighted by atomic mass is 16.5. The van der Waals surface area contributed by atoms with Crippen LogP contribution in [0.2, 0.25) is 0 Å². The first kappa shape index (κ1) is 33.2. The van der Waals surface area contributed by atoms with Crippen molar-refractivity contribution in [2.75, 3.05) is 39.6 Å². The Balaban J connectivity index is 1.59. The molecule has 0 aliphatic rings. The molecule has 0 saturated carbocycles. The van der Waals surface area contributed by atoms with Crippen molar-refractivity contribution in [3.63, 3.8) is 0 Å². The molecule has 0 spiro atoms. The lowest BCUT2D eigenvalue weighted by molar-refractivity contribution is 0.0220. The summed E-state index contributed by atoms with van der Waals surface area (Å²) in [5.41, 5.74) is 4.45. The van der Waals surface area contributed by atoms with Gasteiger partial charge in [0.15, 0.2) is 0 Å². The van der Waals surface area contributed by atoms with E-state index in [0.29, 0.717) is 13.2 Å². The van der Waals surface area contributed by atoms with Gasteiger partial charge in [0.05, 0.1) is 26.4 Å². The summed E-state index contributed by atoms with van der Waals surface area (Å²) in [6, 6.07) is 29.4. The van der Waals surface area contributed by atoms with Gasteiger partial charge >= 0.3 is 0 Å². The first-order valence-electron chi connectivity index (χ1n) is 16.3. The second-order valence-corrected chi connectivity index (χ2v) is 12.2. The standard InChI is InChI=1S/C42H42O6/c1-5-19-45-23-29(43)25-47-41-33-13-9-7-11-31(33)39(37-21-27(3)15-17-35(37)41)40-32-12-8-10-14-34(32)42(36-18-16-28(4)22-38(36)40)48-26-30(44)24-46-20-6-2/h5-18,21-22,29-30,43-44H,1-2,19-20,23-26H2,3-4H3. The Morgan fingerprint density at radius 2 is 0.896 bits per heavy atom. The third kappa shape index (κ3) is 6.80. The molecule has 6 rings (SSSR count). The molecule has 0 amide bonds. The zero-order chi connectivity index (χ0) is 33.6. The minimum absolute atomic E-state index is 0.0883. The van der Waals surface area contributed by atoms with Gasteiger partial charge in [-0.15, -0.1) is 13.2 Å². The van der Waals surface area contributed by atoms with Crippen LogP contribution >= 0.6 is 0 Å². The molecular formula is C42H42O6. The Bertz CT molecular complexity index is 1950. The highest BCUT2D eigenvalue weighted by molar-refractivity contribution is 6.26. The lowest BCUT2D eigenvalue weighted by Gasteiger charge is -2.23. The van der Waals surface area contributed by atoms with E-state index < -0.39 is 12.2 Å². The summed E-state index contributed by atoms with van der Waals surface area (Å²) >= 11 is 0. The van der Waals surface area contributed by atoms with Crippen molar-refractivity contribution in [3.8, 4) is 22.6 Å². The van der Waals surface area contributed by atoms with Crippen LogP contribution in [0.3, 0.4) is 0 Å². The number of hydrogen-bond donors (Lipinski definition) is 2. The Hall–Kier alpha value is -4.72. The molecule has 6 heteroatoms. The quantitative estimate of drug-likeness (QED) is 0.0665. The van der Waals surface area contributed by atoms with Crippen LogP contribution in [-0.4, -0.2) is 62.1 Å². The number of aliphatic hydroxyl groups excluding tert-OH is 2. The molecule has 48 heavy (non-hydrogen) atoms. The molecule has 6 nitrogen and oxygen atoms in total. The summed E-state index contributed by atoms with van der Waals surface area (Å²) < 4.78 is 23.8. The summed E-state index contributed by atoms with van der Waals surface area (Å²) in [5, 5.41) is 29.3. The maximum absolute atomic E-state index is 10.7. The van der Waals surface area contributed by atoms with Gasteiger partial charge in [0.25, 0.3) is 0 Å². The average molecular weight is 643 g/mol. The molecule has 6 aromatic rings. The number of hydrogen-bond acceptors (Lipinski definition) is 6. The number of rotatable bonds is 15. The van der Waals surface area contributed by atoms with Crippen molar-refractivity contribution in [2.24, 2.45) is 0 Å². The van der Waals surface area contributed by atoms with Crippen LogP contribution in [0.15, 0.2) is 110 Å². The normalized spacial score (nSPS) is 12.8. The summed E-state index contributed by atoms with van der Waals surface area (Å²) in [7, 11) is 0. The van der Waals surface area contributed by atoms with Gasteiger partial charge in [0.2, 0.25) is 0 Å². The zero-order valence-corrected chi connectivity index (χ0v) is 27.6. The van der Waals surface area contributed by atoms with Crippen LogP contribution in [0, 0.1) is 13.8 Å². The number of aliphatic hydroxyl groups is 2. The van der Waals surface area contributed by atoms with Crippen LogP contribution in [0.5, 0.6) is 11.5 Å². The van der Waals surface area contributed by atoms with Crippen molar-refractivity contribution in [1.29, 1.82) is 0 Å². The van der Waals surface area contributed by atoms with E-state index in [1.165, 1.54) is 0 Å². The molecule has 2 unspecified atom stereocenters. The lowest BCUT2D eigenvalue weighted by atomic mass is 9.84. The van der Waals surface area contributed by atoms with Crippen LogP contribution < -0.4 is 9.47 Å². The smallest absolute Gasteiger partial charge is 0.135 e. The molecule has 0 bridgehead atoms. The fourth-order valence-corrected chi connectivity index (χ4v) is 6.38. The van der Waals surface area contributed by atoms with Crippen LogP contribution in [0.4, 0.5) is 0 Å². The zero-order valence-electron chi connectivity index (χ0n) is 27.6. The van der Waals surface area contributed by atoms with E-state index in [4.69, 9.17) is 18.9 Å². The number of aryl methyl sites for hydroxylation is 2. The molecule has 0 fully saturated rings.